The van der Waals surface area contributed by atoms with Crippen LogP contribution in [-0.2, 0) is 4.74 Å². The molecule has 26 heavy (non-hydrogen) atoms. The normalized spacial score (nSPS) is 11.0. The summed E-state index contributed by atoms with van der Waals surface area (Å²) in [6.07, 6.45) is 8.25. The molecule has 1 aromatic carbocycles. The third-order valence-electron chi connectivity index (χ3n) is 4.58. The van der Waals surface area contributed by atoms with Crippen LogP contribution < -0.4 is 0 Å². The van der Waals surface area contributed by atoms with E-state index >= 15 is 0 Å². The molecular weight excluding hydrogens is 324 g/mol. The highest BCUT2D eigenvalue weighted by atomic mass is 16.5. The van der Waals surface area contributed by atoms with Crippen LogP contribution in [0.5, 0.6) is 0 Å². The van der Waals surface area contributed by atoms with Crippen LogP contribution in [0, 0.1) is 0 Å². The molecule has 3 rings (SSSR count). The van der Waals surface area contributed by atoms with Crippen LogP contribution in [0.3, 0.4) is 0 Å². The summed E-state index contributed by atoms with van der Waals surface area (Å²) in [4.78, 5) is 18.8. The lowest BCUT2D eigenvalue weighted by molar-refractivity contribution is 0.0498. The Hall–Kier alpha value is -2.75. The third-order valence-corrected chi connectivity index (χ3v) is 4.58. The summed E-state index contributed by atoms with van der Waals surface area (Å²) in [7, 11) is 0. The summed E-state index contributed by atoms with van der Waals surface area (Å²) in [6.45, 7) is 2.66. The summed E-state index contributed by atoms with van der Waals surface area (Å²) in [5, 5.41) is 0. The van der Waals surface area contributed by atoms with Gasteiger partial charge in [-0.3, -0.25) is 0 Å². The number of unbranched alkanes of at least 4 members (excludes halogenated alkanes) is 3. The van der Waals surface area contributed by atoms with Crippen molar-refractivity contribution in [2.24, 2.45) is 0 Å². The second-order valence-corrected chi connectivity index (χ2v) is 6.50. The summed E-state index contributed by atoms with van der Waals surface area (Å²) in [5.41, 5.74) is 3.94. The van der Waals surface area contributed by atoms with Crippen molar-refractivity contribution in [3.63, 3.8) is 0 Å². The molecule has 0 aliphatic heterocycles. The SMILES string of the molecule is CCCCCCOC(=O)c1ccc(C(c2ccc[nH]2)c2ccc[nH]2)cc1. The lowest BCUT2D eigenvalue weighted by Gasteiger charge is -2.15. The smallest absolute Gasteiger partial charge is 0.338 e. The molecule has 4 nitrogen and oxygen atoms in total. The van der Waals surface area contributed by atoms with Crippen LogP contribution in [0.15, 0.2) is 60.9 Å². The van der Waals surface area contributed by atoms with E-state index < -0.39 is 0 Å². The molecule has 0 radical (unpaired) electrons. The molecular formula is C22H26N2O2. The molecule has 4 heteroatoms. The Morgan fingerprint density at radius 3 is 2.12 bits per heavy atom. The highest BCUT2D eigenvalue weighted by Crippen LogP contribution is 2.30. The minimum Gasteiger partial charge on any atom is -0.462 e. The van der Waals surface area contributed by atoms with Gasteiger partial charge in [0.15, 0.2) is 0 Å². The lowest BCUT2D eigenvalue weighted by Crippen LogP contribution is -2.08. The largest absolute Gasteiger partial charge is 0.462 e. The number of aromatic amines is 2. The number of benzene rings is 1. The zero-order valence-electron chi connectivity index (χ0n) is 15.2. The maximum atomic E-state index is 12.2. The van der Waals surface area contributed by atoms with E-state index in [2.05, 4.69) is 29.0 Å². The van der Waals surface area contributed by atoms with Gasteiger partial charge in [-0.2, -0.15) is 0 Å². The van der Waals surface area contributed by atoms with Gasteiger partial charge in [0.25, 0.3) is 0 Å². The van der Waals surface area contributed by atoms with Crippen molar-refractivity contribution in [3.8, 4) is 0 Å². The standard InChI is InChI=1S/C22H26N2O2/c1-2-3-4-5-16-26-22(25)18-12-10-17(11-13-18)21(19-8-6-14-23-19)20-9-7-15-24-20/h6-15,21,23-24H,2-5,16H2,1H3. The van der Waals surface area contributed by atoms with Gasteiger partial charge in [0.2, 0.25) is 0 Å². The molecule has 0 aliphatic carbocycles. The van der Waals surface area contributed by atoms with Gasteiger partial charge < -0.3 is 14.7 Å². The molecule has 136 valence electrons. The summed E-state index contributed by atoms with van der Waals surface area (Å²) in [5.74, 6) is -0.163. The van der Waals surface area contributed by atoms with E-state index in [0.29, 0.717) is 12.2 Å². The topological polar surface area (TPSA) is 57.9 Å². The van der Waals surface area contributed by atoms with Gasteiger partial charge in [0, 0.05) is 23.8 Å². The number of esters is 1. The Morgan fingerprint density at radius 2 is 1.58 bits per heavy atom. The van der Waals surface area contributed by atoms with Crippen LogP contribution in [0.1, 0.15) is 65.8 Å². The summed E-state index contributed by atoms with van der Waals surface area (Å²) >= 11 is 0. The van der Waals surface area contributed by atoms with Crippen LogP contribution in [0.25, 0.3) is 0 Å². The van der Waals surface area contributed by atoms with Gasteiger partial charge in [-0.15, -0.1) is 0 Å². The molecule has 0 saturated carbocycles. The fourth-order valence-corrected chi connectivity index (χ4v) is 3.16. The highest BCUT2D eigenvalue weighted by Gasteiger charge is 2.19. The van der Waals surface area contributed by atoms with Crippen molar-refractivity contribution in [1.29, 1.82) is 0 Å². The molecule has 0 fully saturated rings. The Bertz CT molecular complexity index is 740. The minimum atomic E-state index is -0.246. The van der Waals surface area contributed by atoms with E-state index in [4.69, 9.17) is 4.74 Å². The Morgan fingerprint density at radius 1 is 0.923 bits per heavy atom. The van der Waals surface area contributed by atoms with Crippen molar-refractivity contribution in [2.75, 3.05) is 6.61 Å². The first kappa shape index (κ1) is 18.1. The second-order valence-electron chi connectivity index (χ2n) is 6.50. The monoisotopic (exact) mass is 350 g/mol. The molecule has 2 aromatic heterocycles. The van der Waals surface area contributed by atoms with E-state index in [1.165, 1.54) is 12.8 Å². The van der Waals surface area contributed by atoms with Gasteiger partial charge in [-0.25, -0.2) is 4.79 Å². The fraction of sp³-hybridized carbons (Fsp3) is 0.318. The second kappa shape index (κ2) is 9.09. The van der Waals surface area contributed by atoms with Crippen molar-refractivity contribution in [2.45, 2.75) is 38.5 Å². The first-order valence-corrected chi connectivity index (χ1v) is 9.33. The van der Waals surface area contributed by atoms with Crippen LogP contribution in [0.4, 0.5) is 0 Å². The predicted octanol–water partition coefficient (Wildman–Crippen LogP) is 5.26. The van der Waals surface area contributed by atoms with E-state index in [-0.39, 0.29) is 11.9 Å². The van der Waals surface area contributed by atoms with Gasteiger partial charge in [-0.1, -0.05) is 38.3 Å². The average molecular weight is 350 g/mol. The summed E-state index contributed by atoms with van der Waals surface area (Å²) in [6, 6.07) is 15.8. The van der Waals surface area contributed by atoms with E-state index in [0.717, 1.165) is 29.8 Å². The van der Waals surface area contributed by atoms with Crippen molar-refractivity contribution in [3.05, 3.63) is 83.4 Å². The average Bonchev–Trinajstić information content (AvgIpc) is 3.37. The highest BCUT2D eigenvalue weighted by molar-refractivity contribution is 5.89. The number of carbonyl (C=O) groups is 1. The number of hydrogen-bond acceptors (Lipinski definition) is 2. The molecule has 0 aliphatic rings. The molecule has 3 aromatic rings. The zero-order chi connectivity index (χ0) is 18.2. The quantitative estimate of drug-likeness (QED) is 0.408. The Kier molecular flexibility index (Phi) is 6.31. The first-order chi connectivity index (χ1) is 12.8. The van der Waals surface area contributed by atoms with Gasteiger partial charge in [0.1, 0.15) is 0 Å². The van der Waals surface area contributed by atoms with Gasteiger partial charge >= 0.3 is 5.97 Å². The fourth-order valence-electron chi connectivity index (χ4n) is 3.16. The number of ether oxygens (including phenoxy) is 1. The number of hydrogen-bond donors (Lipinski definition) is 2. The number of carbonyl (C=O) groups excluding carboxylic acids is 1. The number of nitrogens with one attached hydrogen (secondary N) is 2. The van der Waals surface area contributed by atoms with Crippen molar-refractivity contribution < 1.29 is 9.53 Å². The molecule has 0 bridgehead atoms. The third kappa shape index (κ3) is 4.45. The molecule has 2 N–H and O–H groups in total. The van der Waals surface area contributed by atoms with E-state index in [9.17, 15) is 4.79 Å². The lowest BCUT2D eigenvalue weighted by atomic mass is 9.92. The van der Waals surface area contributed by atoms with Gasteiger partial charge in [0.05, 0.1) is 18.1 Å². The van der Waals surface area contributed by atoms with E-state index in [1.807, 2.05) is 48.8 Å². The van der Waals surface area contributed by atoms with Crippen LogP contribution in [-0.4, -0.2) is 22.5 Å². The van der Waals surface area contributed by atoms with Gasteiger partial charge in [-0.05, 0) is 48.4 Å². The predicted molar refractivity (Wildman–Crippen MR) is 103 cm³/mol. The van der Waals surface area contributed by atoms with Crippen molar-refractivity contribution >= 4 is 5.97 Å². The van der Waals surface area contributed by atoms with Crippen LogP contribution in [0.2, 0.25) is 0 Å². The minimum absolute atomic E-state index is 0.0825. The maximum Gasteiger partial charge on any atom is 0.338 e. The first-order valence-electron chi connectivity index (χ1n) is 9.33. The number of H-pyrrole nitrogens is 2. The number of aromatic nitrogens is 2. The van der Waals surface area contributed by atoms with Crippen molar-refractivity contribution in [1.82, 2.24) is 9.97 Å². The molecule has 0 unspecified atom stereocenters. The molecule has 2 heterocycles. The Labute approximate surface area is 154 Å². The maximum absolute atomic E-state index is 12.2. The molecule has 0 spiro atoms. The Balaban J connectivity index is 1.68. The molecule has 0 amide bonds. The molecule has 0 saturated heterocycles. The number of rotatable bonds is 9. The zero-order valence-corrected chi connectivity index (χ0v) is 15.2. The van der Waals surface area contributed by atoms with Crippen LogP contribution >= 0.6 is 0 Å². The summed E-state index contributed by atoms with van der Waals surface area (Å²) < 4.78 is 5.37. The molecule has 0 atom stereocenters. The van der Waals surface area contributed by atoms with E-state index in [1.54, 1.807) is 0 Å².